The monoisotopic (exact) mass is 427 g/mol. The van der Waals surface area contributed by atoms with Gasteiger partial charge in [0.15, 0.2) is 0 Å². The molecular formula is C22H25N3O4S. The van der Waals surface area contributed by atoms with Crippen LogP contribution in [0.15, 0.2) is 53.6 Å². The van der Waals surface area contributed by atoms with Crippen molar-refractivity contribution >= 4 is 32.5 Å². The topological polar surface area (TPSA) is 80.6 Å². The molecule has 3 aromatic rings. The first kappa shape index (κ1) is 20.4. The lowest BCUT2D eigenvalue weighted by Gasteiger charge is -2.19. The number of nitrogens with one attached hydrogen (secondary N) is 1. The molecule has 158 valence electrons. The molecule has 1 aliphatic heterocycles. The second-order valence-electron chi connectivity index (χ2n) is 7.33. The minimum atomic E-state index is -3.69. The average Bonchev–Trinajstić information content (AvgIpc) is 3.39. The van der Waals surface area contributed by atoms with Crippen molar-refractivity contribution in [2.75, 3.05) is 25.0 Å². The molecule has 1 amide bonds. The molecule has 0 radical (unpaired) electrons. The van der Waals surface area contributed by atoms with E-state index < -0.39 is 10.0 Å². The number of anilines is 1. The van der Waals surface area contributed by atoms with Crippen molar-refractivity contribution in [1.82, 2.24) is 8.87 Å². The maximum Gasteiger partial charge on any atom is 0.257 e. The molecule has 1 aliphatic rings. The number of aromatic nitrogens is 1. The summed E-state index contributed by atoms with van der Waals surface area (Å²) in [5.41, 5.74) is 1.90. The number of carbonyl (C=O) groups excluding carboxylic acids is 1. The van der Waals surface area contributed by atoms with Crippen LogP contribution in [0, 0.1) is 0 Å². The predicted molar refractivity (Wildman–Crippen MR) is 116 cm³/mol. The van der Waals surface area contributed by atoms with E-state index >= 15 is 0 Å². The van der Waals surface area contributed by atoms with Gasteiger partial charge < -0.3 is 14.6 Å². The molecule has 0 bridgehead atoms. The Morgan fingerprint density at radius 1 is 1.13 bits per heavy atom. The maximum atomic E-state index is 13.1. The number of benzene rings is 2. The molecule has 1 fully saturated rings. The summed E-state index contributed by atoms with van der Waals surface area (Å²) in [6, 6.07) is 12.4. The number of sulfonamides is 1. The maximum absolute atomic E-state index is 13.1. The average molecular weight is 428 g/mol. The van der Waals surface area contributed by atoms with Crippen molar-refractivity contribution in [1.29, 1.82) is 0 Å². The molecule has 1 aromatic heterocycles. The quantitative estimate of drug-likeness (QED) is 0.652. The summed E-state index contributed by atoms with van der Waals surface area (Å²) >= 11 is 0. The normalized spacial score (nSPS) is 14.9. The van der Waals surface area contributed by atoms with Crippen LogP contribution in [0.5, 0.6) is 5.75 Å². The molecule has 0 aliphatic carbocycles. The van der Waals surface area contributed by atoms with Gasteiger partial charge in [0.2, 0.25) is 10.0 Å². The zero-order valence-electron chi connectivity index (χ0n) is 17.1. The second kappa shape index (κ2) is 8.12. The number of carbonyl (C=O) groups is 1. The van der Waals surface area contributed by atoms with E-state index in [9.17, 15) is 13.2 Å². The highest BCUT2D eigenvalue weighted by molar-refractivity contribution is 7.89. The molecular weight excluding hydrogens is 402 g/mol. The molecule has 1 saturated heterocycles. The number of nitrogens with zero attached hydrogens (tertiary/aromatic N) is 2. The summed E-state index contributed by atoms with van der Waals surface area (Å²) in [4.78, 5) is 13.0. The number of fused-ring (bicyclic) bond motifs is 1. The van der Waals surface area contributed by atoms with E-state index in [2.05, 4.69) is 5.32 Å². The summed E-state index contributed by atoms with van der Waals surface area (Å²) in [6.07, 6.45) is 3.47. The van der Waals surface area contributed by atoms with Gasteiger partial charge in [0.1, 0.15) is 10.6 Å². The Morgan fingerprint density at radius 2 is 1.87 bits per heavy atom. The van der Waals surface area contributed by atoms with Gasteiger partial charge in [-0.2, -0.15) is 4.31 Å². The SMILES string of the molecule is CCOc1ccc(NC(=O)c2cn(C)c3ccccc23)cc1S(=O)(=O)N1CCCC1. The lowest BCUT2D eigenvalue weighted by Crippen LogP contribution is -2.28. The van der Waals surface area contributed by atoms with Crippen molar-refractivity contribution in [2.24, 2.45) is 7.05 Å². The number of amides is 1. The van der Waals surface area contributed by atoms with Crippen LogP contribution in [0.25, 0.3) is 10.9 Å². The first-order chi connectivity index (χ1) is 14.4. The van der Waals surface area contributed by atoms with Crippen molar-refractivity contribution in [3.63, 3.8) is 0 Å². The second-order valence-corrected chi connectivity index (χ2v) is 9.24. The van der Waals surface area contributed by atoms with Gasteiger partial charge in [0, 0.05) is 42.9 Å². The molecule has 0 unspecified atom stereocenters. The largest absolute Gasteiger partial charge is 0.492 e. The van der Waals surface area contributed by atoms with Crippen LogP contribution < -0.4 is 10.1 Å². The van der Waals surface area contributed by atoms with Crippen molar-refractivity contribution < 1.29 is 17.9 Å². The Kier molecular flexibility index (Phi) is 5.53. The van der Waals surface area contributed by atoms with Crippen LogP contribution in [0.3, 0.4) is 0 Å². The van der Waals surface area contributed by atoms with Crippen LogP contribution >= 0.6 is 0 Å². The number of aryl methyl sites for hydroxylation is 1. The van der Waals surface area contributed by atoms with Gasteiger partial charge in [-0.1, -0.05) is 18.2 Å². The third-order valence-corrected chi connectivity index (χ3v) is 7.25. The zero-order chi connectivity index (χ0) is 21.3. The molecule has 0 spiro atoms. The van der Waals surface area contributed by atoms with Gasteiger partial charge in [0.25, 0.3) is 5.91 Å². The first-order valence-electron chi connectivity index (χ1n) is 10.0. The molecule has 0 saturated carbocycles. The van der Waals surface area contributed by atoms with Crippen molar-refractivity contribution in [3.8, 4) is 5.75 Å². The molecule has 8 heteroatoms. The van der Waals surface area contributed by atoms with E-state index in [0.29, 0.717) is 36.7 Å². The van der Waals surface area contributed by atoms with Gasteiger partial charge in [0.05, 0.1) is 12.2 Å². The van der Waals surface area contributed by atoms with E-state index in [1.54, 1.807) is 18.3 Å². The Morgan fingerprint density at radius 3 is 2.60 bits per heavy atom. The summed E-state index contributed by atoms with van der Waals surface area (Å²) < 4.78 is 35.2. The lowest BCUT2D eigenvalue weighted by atomic mass is 10.1. The van der Waals surface area contributed by atoms with Crippen LogP contribution in [0.4, 0.5) is 5.69 Å². The summed E-state index contributed by atoms with van der Waals surface area (Å²) in [6.45, 7) is 3.16. The number of hydrogen-bond donors (Lipinski definition) is 1. The standard InChI is InChI=1S/C22H25N3O4S/c1-3-29-20-11-10-16(14-21(20)30(27,28)25-12-6-7-13-25)23-22(26)18-15-24(2)19-9-5-4-8-17(18)19/h4-5,8-11,14-15H,3,6-7,12-13H2,1-2H3,(H,23,26). The van der Waals surface area contributed by atoms with Gasteiger partial charge >= 0.3 is 0 Å². The lowest BCUT2D eigenvalue weighted by molar-refractivity contribution is 0.102. The van der Waals surface area contributed by atoms with E-state index in [1.807, 2.05) is 42.8 Å². The molecule has 2 aromatic carbocycles. The Hall–Kier alpha value is -2.84. The minimum absolute atomic E-state index is 0.0852. The minimum Gasteiger partial charge on any atom is -0.492 e. The Labute approximate surface area is 176 Å². The van der Waals surface area contributed by atoms with Crippen LogP contribution in [0.1, 0.15) is 30.1 Å². The molecule has 2 heterocycles. The first-order valence-corrected chi connectivity index (χ1v) is 11.5. The summed E-state index contributed by atoms with van der Waals surface area (Å²) in [7, 11) is -1.81. The fourth-order valence-electron chi connectivity index (χ4n) is 3.85. The zero-order valence-corrected chi connectivity index (χ0v) is 17.9. The number of ether oxygens (including phenoxy) is 1. The van der Waals surface area contributed by atoms with Crippen molar-refractivity contribution in [2.45, 2.75) is 24.7 Å². The molecule has 7 nitrogen and oxygen atoms in total. The highest BCUT2D eigenvalue weighted by Crippen LogP contribution is 2.32. The third-order valence-electron chi connectivity index (χ3n) is 5.33. The van der Waals surface area contributed by atoms with Gasteiger partial charge in [-0.3, -0.25) is 4.79 Å². The van der Waals surface area contributed by atoms with Crippen LogP contribution in [-0.4, -0.2) is 42.9 Å². The fraction of sp³-hybridized carbons (Fsp3) is 0.318. The fourth-order valence-corrected chi connectivity index (χ4v) is 5.52. The van der Waals surface area contributed by atoms with Gasteiger partial charge in [-0.15, -0.1) is 0 Å². The highest BCUT2D eigenvalue weighted by atomic mass is 32.2. The van der Waals surface area contributed by atoms with Gasteiger partial charge in [-0.05, 0) is 44.0 Å². The summed E-state index contributed by atoms with van der Waals surface area (Å²) in [5, 5.41) is 3.69. The summed E-state index contributed by atoms with van der Waals surface area (Å²) in [5.74, 6) is 0.00744. The van der Waals surface area contributed by atoms with E-state index in [4.69, 9.17) is 4.74 Å². The molecule has 4 rings (SSSR count). The highest BCUT2D eigenvalue weighted by Gasteiger charge is 2.30. The number of rotatable bonds is 6. The number of hydrogen-bond acceptors (Lipinski definition) is 4. The smallest absolute Gasteiger partial charge is 0.257 e. The van der Waals surface area contributed by atoms with Gasteiger partial charge in [-0.25, -0.2) is 8.42 Å². The van der Waals surface area contributed by atoms with Crippen LogP contribution in [-0.2, 0) is 17.1 Å². The van der Waals surface area contributed by atoms with Crippen LogP contribution in [0.2, 0.25) is 0 Å². The predicted octanol–water partition coefficient (Wildman–Crippen LogP) is 3.61. The Balaban J connectivity index is 1.68. The third kappa shape index (κ3) is 3.68. The molecule has 30 heavy (non-hydrogen) atoms. The molecule has 0 atom stereocenters. The van der Waals surface area contributed by atoms with E-state index in [-0.39, 0.29) is 10.8 Å². The van der Waals surface area contributed by atoms with Crippen molar-refractivity contribution in [3.05, 3.63) is 54.2 Å². The van der Waals surface area contributed by atoms with E-state index in [1.165, 1.54) is 10.4 Å². The van der Waals surface area contributed by atoms with E-state index in [0.717, 1.165) is 23.7 Å². The number of para-hydroxylation sites is 1. The molecule has 1 N–H and O–H groups in total. The Bertz CT molecular complexity index is 1190.